The first-order valence-corrected chi connectivity index (χ1v) is 4.21. The number of benzene rings is 1. The van der Waals surface area contributed by atoms with Crippen LogP contribution in [0.1, 0.15) is 5.56 Å². The smallest absolute Gasteiger partial charge is 0.209 e. The lowest BCUT2D eigenvalue weighted by atomic mass is 10.2. The zero-order valence-corrected chi connectivity index (χ0v) is 7.39. The molecule has 1 heterocycles. The molecular weight excluding hydrogens is 183 g/mol. The summed E-state index contributed by atoms with van der Waals surface area (Å²) in [5.41, 5.74) is 0.506. The lowest BCUT2D eigenvalue weighted by molar-refractivity contribution is 0.407. The summed E-state index contributed by atoms with van der Waals surface area (Å²) in [4.78, 5) is 0. The first-order valence-electron chi connectivity index (χ1n) is 4.21. The van der Waals surface area contributed by atoms with Crippen molar-refractivity contribution in [1.29, 1.82) is 0 Å². The molecule has 0 aliphatic rings. The number of rotatable bonds is 2. The first kappa shape index (κ1) is 8.74. The van der Waals surface area contributed by atoms with Crippen molar-refractivity contribution in [3.05, 3.63) is 47.9 Å². The number of hydrogen-bond acceptors (Lipinski definition) is 2. The van der Waals surface area contributed by atoms with Crippen molar-refractivity contribution in [2.45, 2.75) is 6.54 Å². The molecule has 0 aliphatic heterocycles. The second kappa shape index (κ2) is 3.49. The van der Waals surface area contributed by atoms with E-state index in [4.69, 9.17) is 0 Å². The van der Waals surface area contributed by atoms with Gasteiger partial charge in [-0.1, -0.05) is 18.2 Å². The van der Waals surface area contributed by atoms with E-state index < -0.39 is 0 Å². The topological polar surface area (TPSA) is 38.1 Å². The van der Waals surface area contributed by atoms with E-state index in [1.54, 1.807) is 18.2 Å². The Morgan fingerprint density at radius 3 is 2.71 bits per heavy atom. The maximum atomic E-state index is 13.2. The highest BCUT2D eigenvalue weighted by atomic mass is 19.1. The third-order valence-electron chi connectivity index (χ3n) is 1.97. The molecule has 72 valence electrons. The largest absolute Gasteiger partial charge is 0.493 e. The summed E-state index contributed by atoms with van der Waals surface area (Å²) in [6, 6.07) is 7.88. The normalized spacial score (nSPS) is 10.4. The van der Waals surface area contributed by atoms with Crippen molar-refractivity contribution in [3.63, 3.8) is 0 Å². The van der Waals surface area contributed by atoms with Crippen LogP contribution in [0.3, 0.4) is 0 Å². The van der Waals surface area contributed by atoms with E-state index in [2.05, 4.69) is 5.10 Å². The number of hydrogen-bond donors (Lipinski definition) is 1. The van der Waals surface area contributed by atoms with Crippen LogP contribution in [0.5, 0.6) is 5.88 Å². The molecule has 4 heteroatoms. The Morgan fingerprint density at radius 1 is 1.29 bits per heavy atom. The molecule has 2 rings (SSSR count). The van der Waals surface area contributed by atoms with Crippen LogP contribution in [-0.2, 0) is 6.54 Å². The van der Waals surface area contributed by atoms with Gasteiger partial charge in [0.2, 0.25) is 5.88 Å². The summed E-state index contributed by atoms with van der Waals surface area (Å²) < 4.78 is 14.5. The first-order chi connectivity index (χ1) is 6.77. The van der Waals surface area contributed by atoms with Crippen LogP contribution in [0.4, 0.5) is 4.39 Å². The molecule has 2 aromatic rings. The molecule has 0 saturated carbocycles. The molecule has 1 aromatic carbocycles. The molecular formula is C10H9FN2O. The SMILES string of the molecule is Oc1ccnn1Cc1ccccc1F. The third-order valence-corrected chi connectivity index (χ3v) is 1.97. The second-order valence-corrected chi connectivity index (χ2v) is 2.94. The fourth-order valence-electron chi connectivity index (χ4n) is 1.24. The van der Waals surface area contributed by atoms with Crippen molar-refractivity contribution in [3.8, 4) is 5.88 Å². The van der Waals surface area contributed by atoms with Crippen molar-refractivity contribution < 1.29 is 9.50 Å². The Kier molecular flexibility index (Phi) is 2.18. The molecule has 0 aliphatic carbocycles. The molecule has 0 amide bonds. The summed E-state index contributed by atoms with van der Waals surface area (Å²) in [6.45, 7) is 0.242. The van der Waals surface area contributed by atoms with Crippen LogP contribution >= 0.6 is 0 Å². The van der Waals surface area contributed by atoms with Gasteiger partial charge >= 0.3 is 0 Å². The lowest BCUT2D eigenvalue weighted by Gasteiger charge is -2.03. The van der Waals surface area contributed by atoms with Crippen LogP contribution in [0.15, 0.2) is 36.5 Å². The molecule has 0 radical (unpaired) electrons. The fourth-order valence-corrected chi connectivity index (χ4v) is 1.24. The van der Waals surface area contributed by atoms with Crippen LogP contribution < -0.4 is 0 Å². The lowest BCUT2D eigenvalue weighted by Crippen LogP contribution is -2.02. The minimum atomic E-state index is -0.289. The van der Waals surface area contributed by atoms with Gasteiger partial charge in [0.25, 0.3) is 0 Å². The van der Waals surface area contributed by atoms with Gasteiger partial charge < -0.3 is 5.11 Å². The highest BCUT2D eigenvalue weighted by Crippen LogP contribution is 2.12. The van der Waals surface area contributed by atoms with Crippen molar-refractivity contribution >= 4 is 0 Å². The van der Waals surface area contributed by atoms with E-state index in [0.717, 1.165) is 0 Å². The van der Waals surface area contributed by atoms with E-state index >= 15 is 0 Å². The maximum Gasteiger partial charge on any atom is 0.209 e. The summed E-state index contributed by atoms with van der Waals surface area (Å²) in [5, 5.41) is 13.1. The molecule has 1 aromatic heterocycles. The average molecular weight is 192 g/mol. The van der Waals surface area contributed by atoms with E-state index in [-0.39, 0.29) is 18.2 Å². The molecule has 0 spiro atoms. The Hall–Kier alpha value is -1.84. The number of nitrogens with zero attached hydrogens (tertiary/aromatic N) is 2. The summed E-state index contributed by atoms with van der Waals surface area (Å²) in [5.74, 6) is -0.254. The van der Waals surface area contributed by atoms with Gasteiger partial charge in [-0.3, -0.25) is 0 Å². The maximum absolute atomic E-state index is 13.2. The molecule has 0 atom stereocenters. The van der Waals surface area contributed by atoms with Crippen molar-refractivity contribution in [2.75, 3.05) is 0 Å². The van der Waals surface area contributed by atoms with Gasteiger partial charge in [-0.25, -0.2) is 9.07 Å². The predicted molar refractivity (Wildman–Crippen MR) is 49.4 cm³/mol. The van der Waals surface area contributed by atoms with E-state index in [1.165, 1.54) is 23.0 Å². The van der Waals surface area contributed by atoms with E-state index in [0.29, 0.717) is 5.56 Å². The predicted octanol–water partition coefficient (Wildman–Crippen LogP) is 1.78. The minimum absolute atomic E-state index is 0.0354. The highest BCUT2D eigenvalue weighted by Gasteiger charge is 2.04. The zero-order valence-electron chi connectivity index (χ0n) is 7.39. The van der Waals surface area contributed by atoms with Crippen LogP contribution in [0, 0.1) is 5.82 Å². The van der Waals surface area contributed by atoms with Gasteiger partial charge in [-0.2, -0.15) is 5.10 Å². The molecule has 0 unspecified atom stereocenters. The molecule has 3 nitrogen and oxygen atoms in total. The average Bonchev–Trinajstić information content (AvgIpc) is 2.56. The monoisotopic (exact) mass is 192 g/mol. The summed E-state index contributed by atoms with van der Waals surface area (Å²) >= 11 is 0. The third kappa shape index (κ3) is 1.59. The standard InChI is InChI=1S/C10H9FN2O/c11-9-4-2-1-3-8(9)7-13-10(14)5-6-12-13/h1-6,14H,7H2. The summed E-state index contributed by atoms with van der Waals surface area (Å²) in [6.07, 6.45) is 1.47. The van der Waals surface area contributed by atoms with Crippen LogP contribution in [0.2, 0.25) is 0 Å². The van der Waals surface area contributed by atoms with Crippen LogP contribution in [0.25, 0.3) is 0 Å². The van der Waals surface area contributed by atoms with Gasteiger partial charge in [0.15, 0.2) is 0 Å². The van der Waals surface area contributed by atoms with Gasteiger partial charge in [0.05, 0.1) is 12.7 Å². The quantitative estimate of drug-likeness (QED) is 0.787. The molecule has 0 bridgehead atoms. The molecule has 14 heavy (non-hydrogen) atoms. The fraction of sp³-hybridized carbons (Fsp3) is 0.100. The Labute approximate surface area is 80.4 Å². The van der Waals surface area contributed by atoms with Gasteiger partial charge in [0, 0.05) is 11.6 Å². The second-order valence-electron chi connectivity index (χ2n) is 2.94. The highest BCUT2D eigenvalue weighted by molar-refractivity contribution is 5.19. The van der Waals surface area contributed by atoms with Gasteiger partial charge in [0.1, 0.15) is 5.82 Å². The van der Waals surface area contributed by atoms with E-state index in [9.17, 15) is 9.50 Å². The minimum Gasteiger partial charge on any atom is -0.493 e. The Bertz CT molecular complexity index is 439. The van der Waals surface area contributed by atoms with E-state index in [1.807, 2.05) is 0 Å². The Morgan fingerprint density at radius 2 is 2.07 bits per heavy atom. The summed E-state index contributed by atoms with van der Waals surface area (Å²) in [7, 11) is 0. The van der Waals surface area contributed by atoms with Gasteiger partial charge in [-0.15, -0.1) is 0 Å². The van der Waals surface area contributed by atoms with Crippen molar-refractivity contribution in [2.24, 2.45) is 0 Å². The number of aromatic hydroxyl groups is 1. The molecule has 0 saturated heterocycles. The Balaban J connectivity index is 2.28. The van der Waals surface area contributed by atoms with Gasteiger partial charge in [-0.05, 0) is 6.07 Å². The number of halogens is 1. The molecule has 1 N–H and O–H groups in total. The van der Waals surface area contributed by atoms with Crippen LogP contribution in [-0.4, -0.2) is 14.9 Å². The number of aromatic nitrogens is 2. The van der Waals surface area contributed by atoms with Crippen molar-refractivity contribution in [1.82, 2.24) is 9.78 Å². The zero-order chi connectivity index (χ0) is 9.97. The molecule has 0 fully saturated rings.